The van der Waals surface area contributed by atoms with E-state index in [0.29, 0.717) is 11.7 Å². The summed E-state index contributed by atoms with van der Waals surface area (Å²) in [6.07, 6.45) is 0. The summed E-state index contributed by atoms with van der Waals surface area (Å²) in [4.78, 5) is 9.05. The highest BCUT2D eigenvalue weighted by molar-refractivity contribution is 5.48. The van der Waals surface area contributed by atoms with Crippen molar-refractivity contribution in [2.45, 2.75) is 20.4 Å². The van der Waals surface area contributed by atoms with Crippen LogP contribution in [0.2, 0.25) is 0 Å². The fraction of sp³-hybridized carbons (Fsp3) is 0.467. The number of nitrogens with zero attached hydrogens (tertiary/aromatic N) is 4. The zero-order valence-electron chi connectivity index (χ0n) is 12.0. The number of hydrogen-bond donors (Lipinski definition) is 0. The Morgan fingerprint density at radius 1 is 1.15 bits per heavy atom. The molecule has 1 aromatic carbocycles. The van der Waals surface area contributed by atoms with Crippen molar-refractivity contribution in [3.05, 3.63) is 41.5 Å². The Kier molecular flexibility index (Phi) is 3.69. The molecule has 1 aliphatic heterocycles. The minimum atomic E-state index is 0.707. The molecule has 0 bridgehead atoms. The summed E-state index contributed by atoms with van der Waals surface area (Å²) in [5, 5.41) is 3.83. The maximum absolute atomic E-state index is 5.18. The predicted molar refractivity (Wildman–Crippen MR) is 77.7 cm³/mol. The Labute approximate surface area is 119 Å². The van der Waals surface area contributed by atoms with E-state index in [1.165, 1.54) is 11.3 Å². The van der Waals surface area contributed by atoms with Crippen LogP contribution in [0.4, 0.5) is 5.69 Å². The minimum Gasteiger partial charge on any atom is -0.369 e. The van der Waals surface area contributed by atoms with Gasteiger partial charge in [-0.15, -0.1) is 0 Å². The van der Waals surface area contributed by atoms with Crippen molar-refractivity contribution in [3.63, 3.8) is 0 Å². The van der Waals surface area contributed by atoms with Gasteiger partial charge >= 0.3 is 0 Å². The molecule has 0 aliphatic carbocycles. The average Bonchev–Trinajstić information content (AvgIpc) is 2.85. The second kappa shape index (κ2) is 5.63. The Bertz CT molecular complexity index is 573. The van der Waals surface area contributed by atoms with Gasteiger partial charge in [0.1, 0.15) is 0 Å². The largest absolute Gasteiger partial charge is 0.369 e. The van der Waals surface area contributed by atoms with Crippen LogP contribution >= 0.6 is 0 Å². The first-order valence-electron chi connectivity index (χ1n) is 7.04. The molecule has 0 unspecified atom stereocenters. The molecule has 0 atom stereocenters. The summed E-state index contributed by atoms with van der Waals surface area (Å²) in [6, 6.07) is 8.69. The Balaban J connectivity index is 1.57. The van der Waals surface area contributed by atoms with Crippen molar-refractivity contribution >= 4 is 5.69 Å². The van der Waals surface area contributed by atoms with Crippen molar-refractivity contribution in [1.82, 2.24) is 15.0 Å². The molecule has 0 spiro atoms. The van der Waals surface area contributed by atoms with Crippen molar-refractivity contribution in [2.75, 3.05) is 31.1 Å². The average molecular weight is 272 g/mol. The van der Waals surface area contributed by atoms with Crippen LogP contribution < -0.4 is 4.90 Å². The second-order valence-electron chi connectivity index (χ2n) is 5.34. The maximum Gasteiger partial charge on any atom is 0.240 e. The van der Waals surface area contributed by atoms with E-state index in [-0.39, 0.29) is 0 Å². The van der Waals surface area contributed by atoms with E-state index < -0.39 is 0 Å². The van der Waals surface area contributed by atoms with Gasteiger partial charge in [0.15, 0.2) is 5.82 Å². The third kappa shape index (κ3) is 2.99. The van der Waals surface area contributed by atoms with Crippen LogP contribution in [0, 0.1) is 13.8 Å². The van der Waals surface area contributed by atoms with Gasteiger partial charge in [-0.25, -0.2) is 0 Å². The lowest BCUT2D eigenvalue weighted by Gasteiger charge is -2.35. The normalized spacial score (nSPS) is 16.6. The molecule has 0 amide bonds. The molecule has 1 aliphatic rings. The van der Waals surface area contributed by atoms with Crippen LogP contribution in [-0.2, 0) is 6.54 Å². The summed E-state index contributed by atoms with van der Waals surface area (Å²) in [6.45, 7) is 8.86. The molecule has 106 valence electrons. The van der Waals surface area contributed by atoms with E-state index in [0.717, 1.165) is 32.7 Å². The van der Waals surface area contributed by atoms with E-state index in [1.807, 2.05) is 6.92 Å². The predicted octanol–water partition coefficient (Wildman–Crippen LogP) is 2.01. The fourth-order valence-electron chi connectivity index (χ4n) is 2.58. The van der Waals surface area contributed by atoms with Gasteiger partial charge in [-0.1, -0.05) is 17.3 Å². The molecule has 0 saturated carbocycles. The molecular weight excluding hydrogens is 252 g/mol. The van der Waals surface area contributed by atoms with Crippen molar-refractivity contribution in [3.8, 4) is 0 Å². The summed E-state index contributed by atoms with van der Waals surface area (Å²) in [5.74, 6) is 1.42. The van der Waals surface area contributed by atoms with Gasteiger partial charge in [-0.05, 0) is 31.5 Å². The number of rotatable bonds is 3. The highest BCUT2D eigenvalue weighted by Gasteiger charge is 2.19. The number of aryl methyl sites for hydroxylation is 2. The molecule has 1 aromatic heterocycles. The number of hydrogen-bond acceptors (Lipinski definition) is 5. The Morgan fingerprint density at radius 3 is 2.60 bits per heavy atom. The zero-order chi connectivity index (χ0) is 13.9. The van der Waals surface area contributed by atoms with Crippen LogP contribution in [0.1, 0.15) is 17.3 Å². The van der Waals surface area contributed by atoms with Gasteiger partial charge in [0.05, 0.1) is 6.54 Å². The first kappa shape index (κ1) is 13.1. The van der Waals surface area contributed by atoms with Crippen LogP contribution in [-0.4, -0.2) is 41.2 Å². The Hall–Kier alpha value is -1.88. The highest BCUT2D eigenvalue weighted by Crippen LogP contribution is 2.18. The first-order valence-corrected chi connectivity index (χ1v) is 7.04. The smallest absolute Gasteiger partial charge is 0.240 e. The zero-order valence-corrected chi connectivity index (χ0v) is 12.0. The highest BCUT2D eigenvalue weighted by atomic mass is 16.5. The molecule has 5 heteroatoms. The third-order valence-corrected chi connectivity index (χ3v) is 3.67. The number of piperazine rings is 1. The molecule has 0 N–H and O–H groups in total. The molecule has 20 heavy (non-hydrogen) atoms. The van der Waals surface area contributed by atoms with Crippen LogP contribution in [0.3, 0.4) is 0 Å². The first-order chi connectivity index (χ1) is 9.70. The summed E-state index contributed by atoms with van der Waals surface area (Å²) >= 11 is 0. The lowest BCUT2D eigenvalue weighted by Crippen LogP contribution is -2.46. The van der Waals surface area contributed by atoms with E-state index in [2.05, 4.69) is 51.1 Å². The molecule has 5 nitrogen and oxygen atoms in total. The van der Waals surface area contributed by atoms with Gasteiger partial charge in [0.25, 0.3) is 0 Å². The van der Waals surface area contributed by atoms with Gasteiger partial charge in [0, 0.05) is 31.9 Å². The van der Waals surface area contributed by atoms with Crippen molar-refractivity contribution in [1.29, 1.82) is 0 Å². The van der Waals surface area contributed by atoms with E-state index in [4.69, 9.17) is 4.52 Å². The minimum absolute atomic E-state index is 0.707. The van der Waals surface area contributed by atoms with Gasteiger partial charge < -0.3 is 9.42 Å². The molecular formula is C15H20N4O. The topological polar surface area (TPSA) is 45.4 Å². The van der Waals surface area contributed by atoms with Gasteiger partial charge in [-0.3, -0.25) is 4.90 Å². The number of anilines is 1. The Morgan fingerprint density at radius 2 is 1.95 bits per heavy atom. The van der Waals surface area contributed by atoms with Crippen LogP contribution in [0.15, 0.2) is 28.8 Å². The summed E-state index contributed by atoms with van der Waals surface area (Å²) < 4.78 is 5.18. The van der Waals surface area contributed by atoms with E-state index >= 15 is 0 Å². The SMILES string of the molecule is Cc1cccc(N2CCN(Cc3nc(C)no3)CC2)c1. The monoisotopic (exact) mass is 272 g/mol. The molecule has 2 heterocycles. The molecule has 2 aromatic rings. The van der Waals surface area contributed by atoms with E-state index in [9.17, 15) is 0 Å². The lowest BCUT2D eigenvalue weighted by atomic mass is 10.2. The summed E-state index contributed by atoms with van der Waals surface area (Å²) in [7, 11) is 0. The molecule has 1 saturated heterocycles. The van der Waals surface area contributed by atoms with Crippen molar-refractivity contribution < 1.29 is 4.52 Å². The fourth-order valence-corrected chi connectivity index (χ4v) is 2.58. The van der Waals surface area contributed by atoms with Crippen molar-refractivity contribution in [2.24, 2.45) is 0 Å². The lowest BCUT2D eigenvalue weighted by molar-refractivity contribution is 0.215. The van der Waals surface area contributed by atoms with Crippen LogP contribution in [0.5, 0.6) is 0 Å². The maximum atomic E-state index is 5.18. The van der Waals surface area contributed by atoms with Gasteiger partial charge in [-0.2, -0.15) is 4.98 Å². The van der Waals surface area contributed by atoms with Gasteiger partial charge in [0.2, 0.25) is 5.89 Å². The quantitative estimate of drug-likeness (QED) is 0.855. The standard InChI is InChI=1S/C15H20N4O/c1-12-4-3-5-14(10-12)19-8-6-18(7-9-19)11-15-16-13(2)17-20-15/h3-5,10H,6-9,11H2,1-2H3. The number of aromatic nitrogens is 2. The summed E-state index contributed by atoms with van der Waals surface area (Å²) in [5.41, 5.74) is 2.63. The molecule has 1 fully saturated rings. The second-order valence-corrected chi connectivity index (χ2v) is 5.34. The molecule has 0 radical (unpaired) electrons. The number of benzene rings is 1. The molecule has 3 rings (SSSR count). The van der Waals surface area contributed by atoms with E-state index in [1.54, 1.807) is 0 Å². The van der Waals surface area contributed by atoms with Crippen LogP contribution in [0.25, 0.3) is 0 Å². The third-order valence-electron chi connectivity index (χ3n) is 3.67.